The van der Waals surface area contributed by atoms with E-state index in [-0.39, 0.29) is 5.82 Å². The van der Waals surface area contributed by atoms with Crippen LogP contribution in [0.1, 0.15) is 11.3 Å². The summed E-state index contributed by atoms with van der Waals surface area (Å²) in [6, 6.07) is 8.82. The zero-order chi connectivity index (χ0) is 16.5. The van der Waals surface area contributed by atoms with Crippen LogP contribution in [-0.4, -0.2) is 50.9 Å². The van der Waals surface area contributed by atoms with Gasteiger partial charge < -0.3 is 4.90 Å². The van der Waals surface area contributed by atoms with E-state index in [0.717, 1.165) is 55.3 Å². The maximum atomic E-state index is 13.0. The Morgan fingerprint density at radius 3 is 2.58 bits per heavy atom. The lowest BCUT2D eigenvalue weighted by Gasteiger charge is -2.36. The molecule has 6 nitrogen and oxygen atoms in total. The summed E-state index contributed by atoms with van der Waals surface area (Å²) in [6.45, 7) is 6.59. The number of hydrogen-bond acceptors (Lipinski definition) is 5. The second-order valence-corrected chi connectivity index (χ2v) is 6.16. The normalized spacial score (nSPS) is 16.0. The average Bonchev–Trinajstić information content (AvgIpc) is 3.05. The molecule has 2 aromatic heterocycles. The van der Waals surface area contributed by atoms with Crippen molar-refractivity contribution in [3.8, 4) is 0 Å². The smallest absolute Gasteiger partial charge is 0.200 e. The van der Waals surface area contributed by atoms with Gasteiger partial charge in [-0.3, -0.25) is 4.90 Å². The lowest BCUT2D eigenvalue weighted by Crippen LogP contribution is -2.46. The third kappa shape index (κ3) is 2.94. The van der Waals surface area contributed by atoms with Gasteiger partial charge in [0.05, 0.1) is 11.4 Å². The predicted octanol–water partition coefficient (Wildman–Crippen LogP) is 1.89. The maximum absolute atomic E-state index is 13.0. The van der Waals surface area contributed by atoms with E-state index in [4.69, 9.17) is 0 Å². The molecule has 0 bridgehead atoms. The van der Waals surface area contributed by atoms with E-state index in [0.29, 0.717) is 0 Å². The molecule has 24 heavy (non-hydrogen) atoms. The summed E-state index contributed by atoms with van der Waals surface area (Å²) in [5.41, 5.74) is 3.98. The minimum Gasteiger partial charge on any atom is -0.366 e. The van der Waals surface area contributed by atoms with Crippen LogP contribution in [0.4, 0.5) is 10.1 Å². The van der Waals surface area contributed by atoms with E-state index in [1.807, 2.05) is 19.1 Å². The summed E-state index contributed by atoms with van der Waals surface area (Å²) in [4.78, 5) is 4.72. The maximum Gasteiger partial charge on any atom is 0.200 e. The Hall–Kier alpha value is -2.54. The number of hydrogen-bond donors (Lipinski definition) is 0. The molecule has 0 aliphatic carbocycles. The zero-order valence-electron chi connectivity index (χ0n) is 13.6. The molecular weight excluding hydrogens is 307 g/mol. The molecule has 7 heteroatoms. The van der Waals surface area contributed by atoms with Gasteiger partial charge in [0.1, 0.15) is 12.1 Å². The third-order valence-electron chi connectivity index (χ3n) is 4.40. The molecule has 0 atom stereocenters. The number of nitrogens with zero attached hydrogens (tertiary/aromatic N) is 6. The van der Waals surface area contributed by atoms with Gasteiger partial charge >= 0.3 is 0 Å². The Morgan fingerprint density at radius 2 is 1.83 bits per heavy atom. The van der Waals surface area contributed by atoms with E-state index >= 15 is 0 Å². The molecule has 0 saturated carbocycles. The Labute approximate surface area is 139 Å². The number of aromatic nitrogens is 4. The average molecular weight is 326 g/mol. The SMILES string of the molecule is Cc1cc(N2CCN(Cc3ccc(F)cc3)CC2)c2nncn2n1. The van der Waals surface area contributed by atoms with Crippen molar-refractivity contribution in [2.45, 2.75) is 13.5 Å². The van der Waals surface area contributed by atoms with Crippen molar-refractivity contribution in [2.24, 2.45) is 0 Å². The highest BCUT2D eigenvalue weighted by Gasteiger charge is 2.20. The summed E-state index contributed by atoms with van der Waals surface area (Å²) in [7, 11) is 0. The van der Waals surface area contributed by atoms with Crippen molar-refractivity contribution in [1.29, 1.82) is 0 Å². The molecule has 0 radical (unpaired) electrons. The molecule has 0 N–H and O–H groups in total. The van der Waals surface area contributed by atoms with E-state index in [1.165, 1.54) is 12.1 Å². The molecule has 1 aliphatic rings. The molecule has 1 fully saturated rings. The monoisotopic (exact) mass is 326 g/mol. The molecule has 1 aliphatic heterocycles. The molecule has 0 amide bonds. The first kappa shape index (κ1) is 15.0. The van der Waals surface area contributed by atoms with Crippen LogP contribution >= 0.6 is 0 Å². The van der Waals surface area contributed by atoms with Gasteiger partial charge in [-0.15, -0.1) is 10.2 Å². The number of rotatable bonds is 3. The van der Waals surface area contributed by atoms with Crippen molar-refractivity contribution >= 4 is 11.3 Å². The molecule has 0 spiro atoms. The van der Waals surface area contributed by atoms with Gasteiger partial charge in [0, 0.05) is 32.7 Å². The van der Waals surface area contributed by atoms with Crippen molar-refractivity contribution < 1.29 is 4.39 Å². The lowest BCUT2D eigenvalue weighted by atomic mass is 10.2. The van der Waals surface area contributed by atoms with Gasteiger partial charge in [0.2, 0.25) is 5.65 Å². The molecule has 1 saturated heterocycles. The third-order valence-corrected chi connectivity index (χ3v) is 4.40. The highest BCUT2D eigenvalue weighted by atomic mass is 19.1. The van der Waals surface area contributed by atoms with Crippen molar-refractivity contribution in [1.82, 2.24) is 24.7 Å². The number of anilines is 1. The van der Waals surface area contributed by atoms with Gasteiger partial charge in [-0.1, -0.05) is 12.1 Å². The number of piperazine rings is 1. The molecular formula is C17H19FN6. The van der Waals surface area contributed by atoms with E-state index < -0.39 is 0 Å². The molecule has 4 rings (SSSR count). The lowest BCUT2D eigenvalue weighted by molar-refractivity contribution is 0.250. The van der Waals surface area contributed by atoms with Gasteiger partial charge in [-0.05, 0) is 30.7 Å². The van der Waals surface area contributed by atoms with Gasteiger partial charge in [0.15, 0.2) is 0 Å². The summed E-state index contributed by atoms with van der Waals surface area (Å²) in [6.07, 6.45) is 1.64. The molecule has 124 valence electrons. The second-order valence-electron chi connectivity index (χ2n) is 6.16. The fraction of sp³-hybridized carbons (Fsp3) is 0.353. The Kier molecular flexibility index (Phi) is 3.86. The standard InChI is InChI=1S/C17H19FN6/c1-13-10-16(17-20-19-12-24(17)21-13)23-8-6-22(7-9-23)11-14-2-4-15(18)5-3-14/h2-5,10,12H,6-9,11H2,1H3. The van der Waals surface area contributed by atoms with Crippen LogP contribution in [0.5, 0.6) is 0 Å². The van der Waals surface area contributed by atoms with Crippen LogP contribution in [0, 0.1) is 12.7 Å². The van der Waals surface area contributed by atoms with Crippen molar-refractivity contribution in [2.75, 3.05) is 31.1 Å². The van der Waals surface area contributed by atoms with Crippen molar-refractivity contribution in [3.05, 3.63) is 53.7 Å². The van der Waals surface area contributed by atoms with Gasteiger partial charge in [-0.2, -0.15) is 9.61 Å². The van der Waals surface area contributed by atoms with E-state index in [1.54, 1.807) is 10.8 Å². The Balaban J connectivity index is 1.45. The van der Waals surface area contributed by atoms with Crippen molar-refractivity contribution in [3.63, 3.8) is 0 Å². The summed E-state index contributed by atoms with van der Waals surface area (Å²) in [5, 5.41) is 12.5. The fourth-order valence-corrected chi connectivity index (χ4v) is 3.16. The Morgan fingerprint density at radius 1 is 1.08 bits per heavy atom. The molecule has 3 aromatic rings. The van der Waals surface area contributed by atoms with E-state index in [9.17, 15) is 4.39 Å². The van der Waals surface area contributed by atoms with Gasteiger partial charge in [0.25, 0.3) is 0 Å². The molecule has 1 aromatic carbocycles. The topological polar surface area (TPSA) is 49.6 Å². The number of fused-ring (bicyclic) bond motifs is 1. The van der Waals surface area contributed by atoms with Crippen LogP contribution in [0.25, 0.3) is 5.65 Å². The largest absolute Gasteiger partial charge is 0.366 e. The summed E-state index contributed by atoms with van der Waals surface area (Å²) in [5.74, 6) is -0.186. The van der Waals surface area contributed by atoms with Crippen LogP contribution in [0.2, 0.25) is 0 Å². The summed E-state index contributed by atoms with van der Waals surface area (Å²) >= 11 is 0. The minimum absolute atomic E-state index is 0.186. The van der Waals surface area contributed by atoms with Crippen LogP contribution < -0.4 is 4.90 Å². The zero-order valence-corrected chi connectivity index (χ0v) is 13.6. The van der Waals surface area contributed by atoms with Crippen LogP contribution in [-0.2, 0) is 6.54 Å². The Bertz CT molecular complexity index is 836. The second kappa shape index (κ2) is 6.16. The molecule has 0 unspecified atom stereocenters. The molecule has 3 heterocycles. The first-order valence-corrected chi connectivity index (χ1v) is 8.08. The van der Waals surface area contributed by atoms with Gasteiger partial charge in [-0.25, -0.2) is 4.39 Å². The van der Waals surface area contributed by atoms with Crippen LogP contribution in [0.15, 0.2) is 36.7 Å². The highest BCUT2D eigenvalue weighted by Crippen LogP contribution is 2.22. The fourth-order valence-electron chi connectivity index (χ4n) is 3.16. The number of aryl methyl sites for hydroxylation is 1. The summed E-state index contributed by atoms with van der Waals surface area (Å²) < 4.78 is 14.7. The first-order valence-electron chi connectivity index (χ1n) is 8.08. The quantitative estimate of drug-likeness (QED) is 0.736. The first-order chi connectivity index (χ1) is 11.7. The number of benzene rings is 1. The highest BCUT2D eigenvalue weighted by molar-refractivity contribution is 5.68. The number of halogens is 1. The van der Waals surface area contributed by atoms with Crippen LogP contribution in [0.3, 0.4) is 0 Å². The van der Waals surface area contributed by atoms with E-state index in [2.05, 4.69) is 31.2 Å². The minimum atomic E-state index is -0.186. The predicted molar refractivity (Wildman–Crippen MR) is 89.4 cm³/mol.